The van der Waals surface area contributed by atoms with Gasteiger partial charge in [0.05, 0.1) is 23.6 Å². The number of hydrogen-bond donors (Lipinski definition) is 8. The van der Waals surface area contributed by atoms with Crippen LogP contribution in [0.1, 0.15) is 119 Å². The van der Waals surface area contributed by atoms with Gasteiger partial charge < -0.3 is 67.7 Å². The van der Waals surface area contributed by atoms with Crippen molar-refractivity contribution in [1.29, 1.82) is 10.5 Å². The quantitative estimate of drug-likeness (QED) is 0.0349. The fourth-order valence-corrected chi connectivity index (χ4v) is 14.2. The van der Waals surface area contributed by atoms with E-state index in [0.29, 0.717) is 41.8 Å². The van der Waals surface area contributed by atoms with E-state index in [1.54, 1.807) is 18.7 Å². The molecule has 0 atom stereocenters. The minimum Gasteiger partial charge on any atom is -0.444 e. The summed E-state index contributed by atoms with van der Waals surface area (Å²) in [6.45, 7) is 14.7. The molecule has 10 N–H and O–H groups in total. The highest BCUT2D eigenvalue weighted by Gasteiger charge is 2.31. The average Bonchev–Trinajstić information content (AvgIpc) is 0.847. The maximum absolute atomic E-state index is 12.5. The van der Waals surface area contributed by atoms with Crippen molar-refractivity contribution in [3.8, 4) is 12.1 Å². The Morgan fingerprint density at radius 2 is 0.720 bits per heavy atom. The Morgan fingerprint density at radius 1 is 0.416 bits per heavy atom. The van der Waals surface area contributed by atoms with Crippen LogP contribution in [0.5, 0.6) is 0 Å². The molecule has 0 aliphatic carbocycles. The van der Waals surface area contributed by atoms with Crippen molar-refractivity contribution in [3.63, 3.8) is 0 Å². The molecule has 5 fully saturated rings. The second kappa shape index (κ2) is 52.0. The molecule has 10 heterocycles. The van der Waals surface area contributed by atoms with E-state index >= 15 is 0 Å². The summed E-state index contributed by atoms with van der Waals surface area (Å²) in [5.74, 6) is 4.42. The Morgan fingerprint density at radius 3 is 1.04 bits per heavy atom. The number of hydrogen-bond acceptors (Lipinski definition) is 26. The van der Waals surface area contributed by atoms with Gasteiger partial charge in [-0.05, 0) is 152 Å². The molecule has 0 unspecified atom stereocenters. The van der Waals surface area contributed by atoms with Crippen LogP contribution in [0.3, 0.4) is 0 Å². The highest BCUT2D eigenvalue weighted by molar-refractivity contribution is 6.29. The third-order valence-electron chi connectivity index (χ3n) is 20.8. The van der Waals surface area contributed by atoms with Gasteiger partial charge >= 0.3 is 6.09 Å². The number of nitriles is 2. The number of nitrogens with zero attached hydrogens (tertiary/aromatic N) is 16. The number of carbonyl (C=O) groups excluding carboxylic acids is 6. The van der Waals surface area contributed by atoms with Crippen LogP contribution < -0.4 is 63.0 Å². The maximum Gasteiger partial charge on any atom is 0.407 e. The number of carbonyl (C=O) groups is 6. The van der Waals surface area contributed by atoms with E-state index < -0.39 is 11.7 Å². The Bertz CT molecular complexity index is 4930. The fraction of sp³-hybridized carbons (Fsp3) is 0.363. The first-order chi connectivity index (χ1) is 59.8. The number of benzene rings is 5. The number of aromatic nitrogens is 10. The maximum atomic E-state index is 12.5. The largest absolute Gasteiger partial charge is 0.444 e. The molecule has 5 saturated heterocycles. The minimum atomic E-state index is -0.544. The van der Waals surface area contributed by atoms with Gasteiger partial charge in [0.1, 0.15) is 95.0 Å². The molecule has 5 aromatic carbocycles. The first-order valence-corrected chi connectivity index (χ1v) is 41.8. The van der Waals surface area contributed by atoms with E-state index in [0.717, 1.165) is 193 Å². The summed E-state index contributed by atoms with van der Waals surface area (Å²) >= 11 is 5.42. The van der Waals surface area contributed by atoms with E-state index in [4.69, 9.17) is 38.3 Å². The lowest BCUT2D eigenvalue weighted by molar-refractivity contribution is -0.123. The molecule has 34 heteroatoms. The highest BCUT2D eigenvalue weighted by atomic mass is 35.5. The predicted molar refractivity (Wildman–Crippen MR) is 489 cm³/mol. The number of nitrogens with one attached hydrogen (secondary N) is 6. The molecule has 0 spiro atoms. The van der Waals surface area contributed by atoms with Crippen LogP contribution in [0.15, 0.2) is 214 Å². The highest BCUT2D eigenvalue weighted by Crippen LogP contribution is 2.29. The number of nitrogens with two attached hydrogens (primary N) is 2. The van der Waals surface area contributed by atoms with Crippen LogP contribution in [-0.4, -0.2) is 156 Å². The summed E-state index contributed by atoms with van der Waals surface area (Å²) in [5, 5.41) is 35.4. The van der Waals surface area contributed by atoms with Gasteiger partial charge in [-0.3, -0.25) is 24.0 Å². The van der Waals surface area contributed by atoms with Gasteiger partial charge in [-0.15, -0.1) is 24.8 Å². The van der Waals surface area contributed by atoms with Crippen LogP contribution in [-0.2, 0) is 54.8 Å². The second-order valence-electron chi connectivity index (χ2n) is 30.7. The van der Waals surface area contributed by atoms with Gasteiger partial charge in [0.15, 0.2) is 0 Å². The van der Waals surface area contributed by atoms with Crippen molar-refractivity contribution in [3.05, 3.63) is 253 Å². The number of para-hydroxylation sites is 4. The zero-order valence-electron chi connectivity index (χ0n) is 70.4. The summed E-state index contributed by atoms with van der Waals surface area (Å²) < 4.78 is 5.24. The normalized spacial score (nSPS) is 14.7. The lowest BCUT2D eigenvalue weighted by Crippen LogP contribution is -2.38. The molecular weight excluding hydrogens is 1650 g/mol. The SMILES string of the molecule is CC(C)(C)OC(=O)NCc1cc(N2CCC(C(=O)Nc3ccccc3)CC2)ncn1.Cl.Cl.N#Cc1cc(Cl)ncn1.N#Cc1cc(N2CCC(C(=O)Nc3ccccc3)CC2)ncn1.NCc1cc(N2CCC(C(=O)Nc3ccccc3)CC2)ncn1.NCc1cc(N2CCC(C(=O)Nc3ccccc3)CC2)ncn1.O=C(Cc1ccccc1)C1CCNCC1. The number of Topliss-reactive ketones (excluding diaryl/α,β-unsaturated/α-hetero) is 1. The first kappa shape index (κ1) is 97.7. The topological polar surface area (TPSA) is 425 Å². The van der Waals surface area contributed by atoms with E-state index in [-0.39, 0.29) is 90.3 Å². The molecule has 10 aromatic rings. The third kappa shape index (κ3) is 33.4. The molecule has 5 amide bonds. The number of rotatable bonds is 19. The zero-order valence-corrected chi connectivity index (χ0v) is 72.8. The van der Waals surface area contributed by atoms with E-state index in [2.05, 4.69) is 101 Å². The first-order valence-electron chi connectivity index (χ1n) is 41.4. The number of ketones is 1. The van der Waals surface area contributed by atoms with E-state index in [1.165, 1.54) is 25.0 Å². The summed E-state index contributed by atoms with van der Waals surface area (Å²) in [5.41, 5.74) is 18.2. The van der Waals surface area contributed by atoms with Crippen LogP contribution >= 0.6 is 36.4 Å². The molecule has 15 rings (SSSR count). The summed E-state index contributed by atoms with van der Waals surface area (Å²) in [6.07, 6.45) is 15.7. The van der Waals surface area contributed by atoms with Gasteiger partial charge in [0.25, 0.3) is 0 Å². The van der Waals surface area contributed by atoms with Crippen molar-refractivity contribution < 1.29 is 33.5 Å². The molecule has 5 aliphatic rings. The van der Waals surface area contributed by atoms with Crippen LogP contribution in [0.25, 0.3) is 0 Å². The monoisotopic (exact) mass is 1750 g/mol. The number of alkyl carbamates (subject to hydrolysis) is 1. The Balaban J connectivity index is 0.000000190. The predicted octanol–water partition coefficient (Wildman–Crippen LogP) is 12.8. The van der Waals surface area contributed by atoms with Crippen molar-refractivity contribution in [2.45, 2.75) is 117 Å². The van der Waals surface area contributed by atoms with Gasteiger partial charge in [0.2, 0.25) is 23.6 Å². The molecule has 0 saturated carbocycles. The van der Waals surface area contributed by atoms with Crippen LogP contribution in [0.2, 0.25) is 5.15 Å². The molecule has 0 radical (unpaired) electrons. The molecular formula is C91H109Cl3N24O7. The molecule has 656 valence electrons. The van der Waals surface area contributed by atoms with Gasteiger partial charge in [0, 0.05) is 155 Å². The fourth-order valence-electron chi connectivity index (χ4n) is 14.1. The molecule has 0 bridgehead atoms. The molecule has 31 nitrogen and oxygen atoms in total. The molecule has 125 heavy (non-hydrogen) atoms. The van der Waals surface area contributed by atoms with E-state index in [9.17, 15) is 28.8 Å². The number of anilines is 8. The third-order valence-corrected chi connectivity index (χ3v) is 21.0. The smallest absolute Gasteiger partial charge is 0.407 e. The van der Waals surface area contributed by atoms with Crippen LogP contribution in [0, 0.1) is 52.3 Å². The van der Waals surface area contributed by atoms with E-state index in [1.807, 2.05) is 203 Å². The lowest BCUT2D eigenvalue weighted by Gasteiger charge is -2.32. The number of halogens is 3. The number of ether oxygens (including phenoxy) is 1. The average molecular weight is 1760 g/mol. The molecule has 5 aliphatic heterocycles. The molecule has 5 aromatic heterocycles. The number of amides is 5. The van der Waals surface area contributed by atoms with Gasteiger partial charge in [-0.1, -0.05) is 115 Å². The van der Waals surface area contributed by atoms with Crippen molar-refractivity contribution >= 4 is 118 Å². The van der Waals surface area contributed by atoms with Crippen molar-refractivity contribution in [2.24, 2.45) is 41.1 Å². The Labute approximate surface area is 747 Å². The van der Waals surface area contributed by atoms with Gasteiger partial charge in [-0.2, -0.15) is 10.5 Å². The van der Waals surface area contributed by atoms with Crippen LogP contribution in [0.4, 0.5) is 50.8 Å². The van der Waals surface area contributed by atoms with Crippen molar-refractivity contribution in [2.75, 3.05) is 106 Å². The van der Waals surface area contributed by atoms with Crippen molar-refractivity contribution in [1.82, 2.24) is 60.5 Å². The van der Waals surface area contributed by atoms with Gasteiger partial charge in [-0.25, -0.2) is 54.6 Å². The standard InChI is InChI=1S/C22H29N5O3.2C17H21N5O.C17H17N5O.C13H17NO.C5H2ClN3.2ClH/c1-22(2,3)30-21(29)23-14-18-13-19(25-15-24-18)27-11-9-16(10-12-27)20(28)26-17-7-5-4-6-8-17;3*18-11-15-10-16(20-12-19-15)22-8-6-13(7-9-22)17(23)21-14-4-2-1-3-5-14;15-13(12-6-8-14-9-7-12)10-11-4-2-1-3-5-11;6-5-1-4(2-7)8-3-9-5;;/h4-8,13,15-16H,9-12,14H2,1-3H3,(H,23,29)(H,26,28);2*1-5,10,12-13H,6-9,11,18H2,(H,21,23);1-5,10,12-13H,6-9H2,(H,21,23);1-5,12,14H,6-10H2;1,3H;2*1H. The summed E-state index contributed by atoms with van der Waals surface area (Å²) in [4.78, 5) is 123. The Hall–Kier alpha value is -12.8. The Kier molecular flexibility index (Phi) is 40.6. The summed E-state index contributed by atoms with van der Waals surface area (Å²) in [6, 6.07) is 60.8. The number of piperidine rings is 5. The minimum absolute atomic E-state index is 0. The summed E-state index contributed by atoms with van der Waals surface area (Å²) in [7, 11) is 0. The zero-order chi connectivity index (χ0) is 87.0. The lowest BCUT2D eigenvalue weighted by atomic mass is 9.90. The second-order valence-corrected chi connectivity index (χ2v) is 31.1.